The van der Waals surface area contributed by atoms with E-state index in [-0.39, 0.29) is 0 Å². The number of hydrogen-bond donors (Lipinski definition) is 0. The van der Waals surface area contributed by atoms with Crippen molar-refractivity contribution < 1.29 is 13.9 Å². The third kappa shape index (κ3) is 2.91. The number of nitrogens with zero attached hydrogens (tertiary/aromatic N) is 1. The van der Waals surface area contributed by atoms with Crippen LogP contribution in [0, 0.1) is 6.92 Å². The molecule has 2 aromatic rings. The molecule has 0 atom stereocenters. The summed E-state index contributed by atoms with van der Waals surface area (Å²) in [6.07, 6.45) is 0. The fourth-order valence-corrected chi connectivity index (χ4v) is 2.39. The van der Waals surface area contributed by atoms with Crippen LogP contribution in [0.25, 0.3) is 11.0 Å². The van der Waals surface area contributed by atoms with Gasteiger partial charge in [0.2, 0.25) is 0 Å². The van der Waals surface area contributed by atoms with Crippen LogP contribution in [0.3, 0.4) is 0 Å². The lowest BCUT2D eigenvalue weighted by Crippen LogP contribution is -2.38. The molecule has 4 nitrogen and oxygen atoms in total. The molecule has 19 heavy (non-hydrogen) atoms. The number of rotatable bonds is 4. The topological polar surface area (TPSA) is 34.8 Å². The summed E-state index contributed by atoms with van der Waals surface area (Å²) in [5.41, 5.74) is 0.849. The first-order valence-electron chi connectivity index (χ1n) is 6.75. The maximum Gasteiger partial charge on any atom is 0.176 e. The number of para-hydroxylation sites is 1. The van der Waals surface area contributed by atoms with Gasteiger partial charge in [0, 0.05) is 25.0 Å². The van der Waals surface area contributed by atoms with Crippen LogP contribution in [-0.2, 0) is 4.74 Å². The predicted octanol–water partition coefficient (Wildman–Crippen LogP) is 2.45. The van der Waals surface area contributed by atoms with Crippen molar-refractivity contribution in [3.05, 3.63) is 30.0 Å². The minimum Gasteiger partial charge on any atom is -0.488 e. The fraction of sp³-hybridized carbons (Fsp3) is 0.467. The van der Waals surface area contributed by atoms with Gasteiger partial charge in [0.25, 0.3) is 0 Å². The van der Waals surface area contributed by atoms with Crippen LogP contribution in [-0.4, -0.2) is 44.4 Å². The summed E-state index contributed by atoms with van der Waals surface area (Å²) in [5, 5.41) is 1.10. The normalized spacial score (nSPS) is 16.9. The number of aryl methyl sites for hydroxylation is 1. The number of morpholine rings is 1. The van der Waals surface area contributed by atoms with Gasteiger partial charge in [-0.25, -0.2) is 0 Å². The van der Waals surface area contributed by atoms with Gasteiger partial charge in [0.05, 0.1) is 13.2 Å². The highest BCUT2D eigenvalue weighted by Gasteiger charge is 2.11. The Kier molecular flexibility index (Phi) is 3.71. The first kappa shape index (κ1) is 12.5. The van der Waals surface area contributed by atoms with Crippen LogP contribution in [0.15, 0.2) is 28.7 Å². The van der Waals surface area contributed by atoms with Crippen molar-refractivity contribution in [2.24, 2.45) is 0 Å². The van der Waals surface area contributed by atoms with Gasteiger partial charge in [-0.1, -0.05) is 12.1 Å². The van der Waals surface area contributed by atoms with Crippen LogP contribution in [0.1, 0.15) is 5.76 Å². The van der Waals surface area contributed by atoms with Crippen LogP contribution >= 0.6 is 0 Å². The molecule has 0 amide bonds. The SMILES string of the molecule is Cc1cc2cccc(OCCN3CCOCC3)c2o1. The zero-order chi connectivity index (χ0) is 13.1. The Morgan fingerprint density at radius 1 is 1.26 bits per heavy atom. The maximum atomic E-state index is 5.86. The van der Waals surface area contributed by atoms with Crippen molar-refractivity contribution in [2.75, 3.05) is 39.5 Å². The number of furan rings is 1. The largest absolute Gasteiger partial charge is 0.488 e. The van der Waals surface area contributed by atoms with Crippen molar-refractivity contribution in [3.8, 4) is 5.75 Å². The number of ether oxygens (including phenoxy) is 2. The lowest BCUT2D eigenvalue weighted by molar-refractivity contribution is 0.0323. The van der Waals surface area contributed by atoms with Crippen LogP contribution in [0.4, 0.5) is 0 Å². The third-order valence-electron chi connectivity index (χ3n) is 3.40. The van der Waals surface area contributed by atoms with Crippen LogP contribution < -0.4 is 4.74 Å². The first-order valence-corrected chi connectivity index (χ1v) is 6.75. The van der Waals surface area contributed by atoms with Crippen molar-refractivity contribution >= 4 is 11.0 Å². The first-order chi connectivity index (χ1) is 9.33. The molecule has 1 aliphatic rings. The van der Waals surface area contributed by atoms with Gasteiger partial charge in [0.1, 0.15) is 12.4 Å². The number of fused-ring (bicyclic) bond motifs is 1. The minimum absolute atomic E-state index is 0.679. The van der Waals surface area contributed by atoms with Crippen LogP contribution in [0.5, 0.6) is 5.75 Å². The zero-order valence-electron chi connectivity index (χ0n) is 11.2. The fourth-order valence-electron chi connectivity index (χ4n) is 2.39. The van der Waals surface area contributed by atoms with E-state index in [1.807, 2.05) is 31.2 Å². The van der Waals surface area contributed by atoms with E-state index in [0.717, 1.165) is 55.3 Å². The Hall–Kier alpha value is -1.52. The summed E-state index contributed by atoms with van der Waals surface area (Å²) in [6.45, 7) is 7.20. The van der Waals surface area contributed by atoms with E-state index in [2.05, 4.69) is 4.90 Å². The summed E-state index contributed by atoms with van der Waals surface area (Å²) in [5.74, 6) is 1.75. The maximum absolute atomic E-state index is 5.86. The molecule has 0 radical (unpaired) electrons. The average molecular weight is 261 g/mol. The number of benzene rings is 1. The average Bonchev–Trinajstić information content (AvgIpc) is 2.81. The highest BCUT2D eigenvalue weighted by molar-refractivity contribution is 5.83. The summed E-state index contributed by atoms with van der Waals surface area (Å²) < 4.78 is 16.9. The van der Waals surface area contributed by atoms with Crippen LogP contribution in [0.2, 0.25) is 0 Å². The Labute approximate surface area is 112 Å². The minimum atomic E-state index is 0.679. The molecule has 0 saturated carbocycles. The van der Waals surface area contributed by atoms with Gasteiger partial charge in [-0.05, 0) is 19.1 Å². The monoisotopic (exact) mass is 261 g/mol. The standard InChI is InChI=1S/C15H19NO3/c1-12-11-13-3-2-4-14(15(13)19-12)18-10-7-16-5-8-17-9-6-16/h2-4,11H,5-10H2,1H3. The van der Waals surface area contributed by atoms with Gasteiger partial charge in [-0.2, -0.15) is 0 Å². The predicted molar refractivity (Wildman–Crippen MR) is 73.7 cm³/mol. The van der Waals surface area contributed by atoms with E-state index >= 15 is 0 Å². The molecule has 3 rings (SSSR count). The molecule has 102 valence electrons. The van der Waals surface area contributed by atoms with Gasteiger partial charge < -0.3 is 13.9 Å². The van der Waals surface area contributed by atoms with Crippen molar-refractivity contribution in [1.82, 2.24) is 4.90 Å². The highest BCUT2D eigenvalue weighted by atomic mass is 16.5. The summed E-state index contributed by atoms with van der Waals surface area (Å²) in [7, 11) is 0. The van der Waals surface area contributed by atoms with E-state index < -0.39 is 0 Å². The molecule has 0 aliphatic carbocycles. The molecule has 2 heterocycles. The van der Waals surface area contributed by atoms with E-state index in [0.29, 0.717) is 6.61 Å². The molecule has 0 unspecified atom stereocenters. The van der Waals surface area contributed by atoms with E-state index in [1.54, 1.807) is 0 Å². The second-order valence-corrected chi connectivity index (χ2v) is 4.83. The molecule has 0 spiro atoms. The quantitative estimate of drug-likeness (QED) is 0.846. The smallest absolute Gasteiger partial charge is 0.176 e. The zero-order valence-corrected chi connectivity index (χ0v) is 11.2. The van der Waals surface area contributed by atoms with Gasteiger partial charge >= 0.3 is 0 Å². The molecule has 4 heteroatoms. The molecule has 0 N–H and O–H groups in total. The van der Waals surface area contributed by atoms with E-state index in [4.69, 9.17) is 13.9 Å². The van der Waals surface area contributed by atoms with Crippen molar-refractivity contribution in [3.63, 3.8) is 0 Å². The molecule has 1 aromatic heterocycles. The third-order valence-corrected chi connectivity index (χ3v) is 3.40. The number of hydrogen-bond acceptors (Lipinski definition) is 4. The Bertz CT molecular complexity index is 543. The Morgan fingerprint density at radius 3 is 2.95 bits per heavy atom. The Morgan fingerprint density at radius 2 is 2.11 bits per heavy atom. The summed E-state index contributed by atoms with van der Waals surface area (Å²) >= 11 is 0. The molecule has 1 aromatic carbocycles. The van der Waals surface area contributed by atoms with Gasteiger partial charge in [-0.3, -0.25) is 4.90 Å². The lowest BCUT2D eigenvalue weighted by atomic mass is 10.2. The van der Waals surface area contributed by atoms with Crippen molar-refractivity contribution in [2.45, 2.75) is 6.92 Å². The molecular formula is C15H19NO3. The second kappa shape index (κ2) is 5.63. The summed E-state index contributed by atoms with van der Waals surface area (Å²) in [6, 6.07) is 8.04. The molecular weight excluding hydrogens is 242 g/mol. The van der Waals surface area contributed by atoms with Gasteiger partial charge in [0.15, 0.2) is 11.3 Å². The van der Waals surface area contributed by atoms with E-state index in [9.17, 15) is 0 Å². The highest BCUT2D eigenvalue weighted by Crippen LogP contribution is 2.28. The second-order valence-electron chi connectivity index (χ2n) is 4.83. The molecule has 1 fully saturated rings. The van der Waals surface area contributed by atoms with E-state index in [1.165, 1.54) is 0 Å². The Balaban J connectivity index is 1.61. The van der Waals surface area contributed by atoms with Gasteiger partial charge in [-0.15, -0.1) is 0 Å². The summed E-state index contributed by atoms with van der Waals surface area (Å²) in [4.78, 5) is 2.36. The van der Waals surface area contributed by atoms with Crippen molar-refractivity contribution in [1.29, 1.82) is 0 Å². The molecule has 0 bridgehead atoms. The molecule has 1 aliphatic heterocycles. The lowest BCUT2D eigenvalue weighted by Gasteiger charge is -2.26. The molecule has 1 saturated heterocycles.